The normalized spacial score (nSPS) is 10.5. The lowest BCUT2D eigenvalue weighted by Crippen LogP contribution is -2.00. The summed E-state index contributed by atoms with van der Waals surface area (Å²) >= 11 is 1.47. The lowest BCUT2D eigenvalue weighted by atomic mass is 10.2. The Labute approximate surface area is 120 Å². The number of aromatic nitrogens is 1. The predicted molar refractivity (Wildman–Crippen MR) is 75.0 cm³/mol. The number of rotatable bonds is 6. The fraction of sp³-hybridized carbons (Fsp3) is 0.308. The molecule has 2 rings (SSSR count). The lowest BCUT2D eigenvalue weighted by Gasteiger charge is -2.05. The summed E-state index contributed by atoms with van der Waals surface area (Å²) in [7, 11) is 1.60. The highest BCUT2D eigenvalue weighted by molar-refractivity contribution is 7.09. The fourth-order valence-corrected chi connectivity index (χ4v) is 2.40. The monoisotopic (exact) mass is 294 g/mol. The molecule has 0 spiro atoms. The minimum absolute atomic E-state index is 0.0302. The van der Waals surface area contributed by atoms with Gasteiger partial charge in [0.2, 0.25) is 0 Å². The lowest BCUT2D eigenvalue weighted by molar-refractivity contribution is -0.386. The van der Waals surface area contributed by atoms with Gasteiger partial charge in [0.25, 0.3) is 0 Å². The van der Waals surface area contributed by atoms with Gasteiger partial charge in [-0.2, -0.15) is 0 Å². The molecule has 0 bridgehead atoms. The summed E-state index contributed by atoms with van der Waals surface area (Å²) in [5.41, 5.74) is 1.52. The first kappa shape index (κ1) is 14.4. The van der Waals surface area contributed by atoms with E-state index in [2.05, 4.69) is 4.98 Å². The molecule has 1 aromatic carbocycles. The highest BCUT2D eigenvalue weighted by Gasteiger charge is 2.15. The van der Waals surface area contributed by atoms with Crippen LogP contribution in [-0.4, -0.2) is 17.0 Å². The van der Waals surface area contributed by atoms with Gasteiger partial charge in [0.05, 0.1) is 17.2 Å². The van der Waals surface area contributed by atoms with Crippen molar-refractivity contribution in [3.63, 3.8) is 0 Å². The van der Waals surface area contributed by atoms with Crippen molar-refractivity contribution < 1.29 is 14.4 Å². The summed E-state index contributed by atoms with van der Waals surface area (Å²) in [5.74, 6) is 0.252. The van der Waals surface area contributed by atoms with Gasteiger partial charge in [0.1, 0.15) is 11.6 Å². The summed E-state index contributed by atoms with van der Waals surface area (Å²) < 4.78 is 10.5. The van der Waals surface area contributed by atoms with Crippen LogP contribution in [0, 0.1) is 17.0 Å². The highest BCUT2D eigenvalue weighted by atomic mass is 32.1. The van der Waals surface area contributed by atoms with Crippen LogP contribution in [0.15, 0.2) is 23.6 Å². The first-order chi connectivity index (χ1) is 9.60. The van der Waals surface area contributed by atoms with Crippen molar-refractivity contribution >= 4 is 17.0 Å². The van der Waals surface area contributed by atoms with E-state index in [1.807, 2.05) is 5.38 Å². The molecule has 6 nitrogen and oxygen atoms in total. The van der Waals surface area contributed by atoms with Gasteiger partial charge in [-0.1, -0.05) is 6.07 Å². The van der Waals surface area contributed by atoms with E-state index in [4.69, 9.17) is 9.47 Å². The Morgan fingerprint density at radius 3 is 2.90 bits per heavy atom. The van der Waals surface area contributed by atoms with Crippen molar-refractivity contribution in [3.8, 4) is 5.75 Å². The molecular formula is C13H14N2O4S. The average molecular weight is 294 g/mol. The number of nitro benzene ring substituents is 1. The molecule has 20 heavy (non-hydrogen) atoms. The van der Waals surface area contributed by atoms with Gasteiger partial charge in [-0.25, -0.2) is 4.98 Å². The molecule has 7 heteroatoms. The van der Waals surface area contributed by atoms with Gasteiger partial charge in [-0.15, -0.1) is 11.3 Å². The molecule has 2 aromatic rings. The van der Waals surface area contributed by atoms with E-state index < -0.39 is 4.92 Å². The first-order valence-corrected chi connectivity index (χ1v) is 6.78. The van der Waals surface area contributed by atoms with Crippen LogP contribution in [0.1, 0.15) is 16.3 Å². The zero-order valence-corrected chi connectivity index (χ0v) is 12.0. The van der Waals surface area contributed by atoms with E-state index in [1.54, 1.807) is 26.2 Å². The molecule has 1 aromatic heterocycles. The molecule has 1 heterocycles. The van der Waals surface area contributed by atoms with Gasteiger partial charge in [0.15, 0.2) is 5.75 Å². The maximum Gasteiger partial charge on any atom is 0.311 e. The van der Waals surface area contributed by atoms with Crippen molar-refractivity contribution in [2.45, 2.75) is 20.1 Å². The van der Waals surface area contributed by atoms with Crippen LogP contribution in [0.25, 0.3) is 0 Å². The van der Waals surface area contributed by atoms with E-state index in [-0.39, 0.29) is 18.0 Å². The van der Waals surface area contributed by atoms with Gasteiger partial charge in [-0.3, -0.25) is 10.1 Å². The Kier molecular flexibility index (Phi) is 4.65. The number of ether oxygens (including phenoxy) is 2. The molecule has 0 unspecified atom stereocenters. The smallest absolute Gasteiger partial charge is 0.311 e. The number of nitrogens with zero attached hydrogens (tertiary/aromatic N) is 2. The second-order valence-corrected chi connectivity index (χ2v) is 5.13. The molecule has 0 aliphatic carbocycles. The SMILES string of the molecule is COCc1nc(COc2ccc(C)cc2[N+](=O)[O-])cs1. The predicted octanol–water partition coefficient (Wildman–Crippen LogP) is 3.09. The van der Waals surface area contributed by atoms with Crippen molar-refractivity contribution in [1.29, 1.82) is 0 Å². The Morgan fingerprint density at radius 1 is 1.40 bits per heavy atom. The van der Waals surface area contributed by atoms with Gasteiger partial charge < -0.3 is 9.47 Å². The second kappa shape index (κ2) is 6.44. The van der Waals surface area contributed by atoms with Gasteiger partial charge >= 0.3 is 5.69 Å². The summed E-state index contributed by atoms with van der Waals surface area (Å²) in [6.45, 7) is 2.45. The van der Waals surface area contributed by atoms with Crippen molar-refractivity contribution in [1.82, 2.24) is 4.98 Å². The fourth-order valence-electron chi connectivity index (χ4n) is 1.65. The number of thiazole rings is 1. The third-order valence-electron chi connectivity index (χ3n) is 2.55. The van der Waals surface area contributed by atoms with Crippen molar-refractivity contribution in [2.24, 2.45) is 0 Å². The number of methoxy groups -OCH3 is 1. The standard InChI is InChI=1S/C13H14N2O4S/c1-9-3-4-12(11(5-9)15(16)17)19-6-10-8-20-13(14-10)7-18-2/h3-5,8H,6-7H2,1-2H3. The molecular weight excluding hydrogens is 280 g/mol. The van der Waals surface area contributed by atoms with E-state index in [0.717, 1.165) is 16.3 Å². The molecule has 0 aliphatic heterocycles. The van der Waals surface area contributed by atoms with Gasteiger partial charge in [0, 0.05) is 18.6 Å². The Balaban J connectivity index is 2.08. The Hall–Kier alpha value is -1.99. The summed E-state index contributed by atoms with van der Waals surface area (Å²) in [6, 6.07) is 4.88. The van der Waals surface area contributed by atoms with Gasteiger partial charge in [-0.05, 0) is 18.6 Å². The quantitative estimate of drug-likeness (QED) is 0.604. The molecule has 0 N–H and O–H groups in total. The molecule has 0 aliphatic rings. The van der Waals surface area contributed by atoms with E-state index >= 15 is 0 Å². The molecule has 106 valence electrons. The van der Waals surface area contributed by atoms with Crippen LogP contribution < -0.4 is 4.74 Å². The number of hydrogen-bond donors (Lipinski definition) is 0. The van der Waals surface area contributed by atoms with Crippen LogP contribution in [0.5, 0.6) is 5.75 Å². The van der Waals surface area contributed by atoms with Crippen LogP contribution in [0.2, 0.25) is 0 Å². The van der Waals surface area contributed by atoms with E-state index in [0.29, 0.717) is 6.61 Å². The second-order valence-electron chi connectivity index (χ2n) is 4.18. The summed E-state index contributed by atoms with van der Waals surface area (Å²) in [5, 5.41) is 13.7. The van der Waals surface area contributed by atoms with Crippen LogP contribution in [0.3, 0.4) is 0 Å². The number of benzene rings is 1. The number of nitro groups is 1. The topological polar surface area (TPSA) is 74.5 Å². The third kappa shape index (κ3) is 3.52. The van der Waals surface area contributed by atoms with Crippen molar-refractivity contribution in [2.75, 3.05) is 7.11 Å². The number of hydrogen-bond acceptors (Lipinski definition) is 6. The maximum atomic E-state index is 11.0. The molecule has 0 radical (unpaired) electrons. The third-order valence-corrected chi connectivity index (χ3v) is 3.42. The van der Waals surface area contributed by atoms with Crippen LogP contribution in [-0.2, 0) is 18.0 Å². The zero-order chi connectivity index (χ0) is 14.5. The Morgan fingerprint density at radius 2 is 2.20 bits per heavy atom. The molecule has 0 saturated carbocycles. The van der Waals surface area contributed by atoms with E-state index in [9.17, 15) is 10.1 Å². The molecule has 0 saturated heterocycles. The summed E-state index contributed by atoms with van der Waals surface area (Å²) in [4.78, 5) is 14.8. The molecule has 0 atom stereocenters. The zero-order valence-electron chi connectivity index (χ0n) is 11.2. The number of aryl methyl sites for hydroxylation is 1. The molecule has 0 amide bonds. The van der Waals surface area contributed by atoms with Crippen molar-refractivity contribution in [3.05, 3.63) is 50.0 Å². The Bertz CT molecular complexity index is 612. The largest absolute Gasteiger partial charge is 0.480 e. The molecule has 0 fully saturated rings. The minimum atomic E-state index is -0.445. The maximum absolute atomic E-state index is 11.0. The summed E-state index contributed by atoms with van der Waals surface area (Å²) in [6.07, 6.45) is 0. The first-order valence-electron chi connectivity index (χ1n) is 5.90. The van der Waals surface area contributed by atoms with Crippen LogP contribution in [0.4, 0.5) is 5.69 Å². The minimum Gasteiger partial charge on any atom is -0.480 e. The highest BCUT2D eigenvalue weighted by Crippen LogP contribution is 2.28. The average Bonchev–Trinajstić information content (AvgIpc) is 2.85. The van der Waals surface area contributed by atoms with E-state index in [1.165, 1.54) is 17.4 Å². The van der Waals surface area contributed by atoms with Crippen LogP contribution >= 0.6 is 11.3 Å².